The van der Waals surface area contributed by atoms with Gasteiger partial charge in [-0.15, -0.1) is 0 Å². The quantitative estimate of drug-likeness (QED) is 0.622. The average Bonchev–Trinajstić information content (AvgIpc) is 2.06. The molecule has 1 aliphatic rings. The summed E-state index contributed by atoms with van der Waals surface area (Å²) in [6, 6.07) is 0. The van der Waals surface area contributed by atoms with Crippen molar-refractivity contribution in [3.05, 3.63) is 23.3 Å². The summed E-state index contributed by atoms with van der Waals surface area (Å²) >= 11 is 1.92. The molecule has 0 aromatic rings. The van der Waals surface area contributed by atoms with Crippen molar-refractivity contribution in [2.45, 2.75) is 26.2 Å². The molecular formula is C10H16S. The molecule has 0 saturated heterocycles. The number of hydrogen-bond acceptors (Lipinski definition) is 1. The van der Waals surface area contributed by atoms with Crippen molar-refractivity contribution >= 4 is 11.8 Å². The molecule has 62 valence electrons. The highest BCUT2D eigenvalue weighted by Crippen LogP contribution is 2.23. The minimum atomic E-state index is 1.19. The molecular weight excluding hydrogens is 152 g/mol. The average molecular weight is 168 g/mol. The Morgan fingerprint density at radius 2 is 1.91 bits per heavy atom. The standard InChI is InChI=1S/C10H16S/c1-3-9-6-4-5-7-10(9)8-11-2/h6-7H,3-5,8H2,1-2H3. The van der Waals surface area contributed by atoms with Gasteiger partial charge in [0.2, 0.25) is 0 Å². The molecule has 0 amide bonds. The van der Waals surface area contributed by atoms with Crippen LogP contribution in [0.3, 0.4) is 0 Å². The Morgan fingerprint density at radius 1 is 1.27 bits per heavy atom. The van der Waals surface area contributed by atoms with Gasteiger partial charge in [-0.2, -0.15) is 11.8 Å². The zero-order valence-corrected chi connectivity index (χ0v) is 8.21. The van der Waals surface area contributed by atoms with E-state index in [0.29, 0.717) is 0 Å². The van der Waals surface area contributed by atoms with Crippen molar-refractivity contribution in [3.8, 4) is 0 Å². The zero-order valence-electron chi connectivity index (χ0n) is 7.39. The van der Waals surface area contributed by atoms with Crippen LogP contribution in [-0.2, 0) is 0 Å². The fourth-order valence-corrected chi connectivity index (χ4v) is 2.07. The summed E-state index contributed by atoms with van der Waals surface area (Å²) in [5.74, 6) is 1.19. The van der Waals surface area contributed by atoms with Crippen LogP contribution in [0.1, 0.15) is 26.2 Å². The first-order chi connectivity index (χ1) is 5.38. The van der Waals surface area contributed by atoms with Gasteiger partial charge in [0.05, 0.1) is 0 Å². The van der Waals surface area contributed by atoms with Crippen molar-refractivity contribution in [1.82, 2.24) is 0 Å². The van der Waals surface area contributed by atoms with E-state index in [1.165, 1.54) is 25.0 Å². The maximum absolute atomic E-state index is 2.40. The molecule has 1 rings (SSSR count). The Kier molecular flexibility index (Phi) is 3.78. The Balaban J connectivity index is 2.59. The molecule has 0 aliphatic heterocycles. The van der Waals surface area contributed by atoms with E-state index in [2.05, 4.69) is 25.3 Å². The molecule has 0 bridgehead atoms. The van der Waals surface area contributed by atoms with Crippen molar-refractivity contribution in [1.29, 1.82) is 0 Å². The normalized spacial score (nSPS) is 17.6. The van der Waals surface area contributed by atoms with Gasteiger partial charge >= 0.3 is 0 Å². The molecule has 0 aromatic carbocycles. The summed E-state index contributed by atoms with van der Waals surface area (Å²) < 4.78 is 0. The van der Waals surface area contributed by atoms with Crippen LogP contribution in [0.2, 0.25) is 0 Å². The van der Waals surface area contributed by atoms with Crippen LogP contribution in [0.5, 0.6) is 0 Å². The van der Waals surface area contributed by atoms with Crippen LogP contribution in [0, 0.1) is 0 Å². The maximum atomic E-state index is 2.40. The summed E-state index contributed by atoms with van der Waals surface area (Å²) in [5.41, 5.74) is 3.15. The van der Waals surface area contributed by atoms with Gasteiger partial charge in [-0.1, -0.05) is 19.1 Å². The van der Waals surface area contributed by atoms with Gasteiger partial charge in [0.15, 0.2) is 0 Å². The van der Waals surface area contributed by atoms with Gasteiger partial charge in [0.1, 0.15) is 0 Å². The molecule has 0 aromatic heterocycles. The molecule has 0 saturated carbocycles. The predicted octanol–water partition coefficient (Wildman–Crippen LogP) is 3.41. The molecule has 0 N–H and O–H groups in total. The van der Waals surface area contributed by atoms with Crippen molar-refractivity contribution < 1.29 is 0 Å². The Morgan fingerprint density at radius 3 is 2.45 bits per heavy atom. The second-order valence-corrected chi connectivity index (χ2v) is 3.69. The lowest BCUT2D eigenvalue weighted by Crippen LogP contribution is -1.96. The van der Waals surface area contributed by atoms with E-state index < -0.39 is 0 Å². The van der Waals surface area contributed by atoms with Gasteiger partial charge in [-0.05, 0) is 36.7 Å². The van der Waals surface area contributed by atoms with Crippen molar-refractivity contribution in [2.24, 2.45) is 0 Å². The molecule has 0 unspecified atom stereocenters. The lowest BCUT2D eigenvalue weighted by Gasteiger charge is -2.13. The monoisotopic (exact) mass is 168 g/mol. The first kappa shape index (κ1) is 8.92. The Hall–Kier alpha value is -0.170. The third-order valence-corrected chi connectivity index (χ3v) is 2.64. The zero-order chi connectivity index (χ0) is 8.10. The number of allylic oxidation sites excluding steroid dienone is 3. The van der Waals surface area contributed by atoms with E-state index in [1.54, 1.807) is 11.1 Å². The highest BCUT2D eigenvalue weighted by atomic mass is 32.2. The van der Waals surface area contributed by atoms with Crippen molar-refractivity contribution in [3.63, 3.8) is 0 Å². The van der Waals surface area contributed by atoms with E-state index in [1.807, 2.05) is 11.8 Å². The highest BCUT2D eigenvalue weighted by molar-refractivity contribution is 7.98. The maximum Gasteiger partial charge on any atom is 0.0181 e. The largest absolute Gasteiger partial charge is 0.161 e. The summed E-state index contributed by atoms with van der Waals surface area (Å²) in [4.78, 5) is 0. The van der Waals surface area contributed by atoms with E-state index in [-0.39, 0.29) is 0 Å². The minimum Gasteiger partial charge on any atom is -0.161 e. The second kappa shape index (κ2) is 4.66. The van der Waals surface area contributed by atoms with Crippen LogP contribution < -0.4 is 0 Å². The summed E-state index contributed by atoms with van der Waals surface area (Å²) in [6.07, 6.45) is 10.7. The third kappa shape index (κ3) is 2.41. The van der Waals surface area contributed by atoms with Gasteiger partial charge in [0.25, 0.3) is 0 Å². The second-order valence-electron chi connectivity index (χ2n) is 2.82. The summed E-state index contributed by atoms with van der Waals surface area (Å²) in [6.45, 7) is 2.24. The van der Waals surface area contributed by atoms with Gasteiger partial charge in [-0.25, -0.2) is 0 Å². The predicted molar refractivity (Wildman–Crippen MR) is 54.1 cm³/mol. The SMILES string of the molecule is CCC1=CCCC=C1CSC. The van der Waals surface area contributed by atoms with Gasteiger partial charge in [0, 0.05) is 5.75 Å². The topological polar surface area (TPSA) is 0 Å². The number of thioether (sulfide) groups is 1. The van der Waals surface area contributed by atoms with Gasteiger partial charge in [-0.3, -0.25) is 0 Å². The van der Waals surface area contributed by atoms with E-state index >= 15 is 0 Å². The van der Waals surface area contributed by atoms with Crippen LogP contribution >= 0.6 is 11.8 Å². The first-order valence-electron chi connectivity index (χ1n) is 4.25. The molecule has 0 heterocycles. The van der Waals surface area contributed by atoms with Gasteiger partial charge < -0.3 is 0 Å². The highest BCUT2D eigenvalue weighted by Gasteiger charge is 2.05. The summed E-state index contributed by atoms with van der Waals surface area (Å²) in [7, 11) is 0. The van der Waals surface area contributed by atoms with Crippen LogP contribution in [-0.4, -0.2) is 12.0 Å². The Bertz CT molecular complexity index is 177. The first-order valence-corrected chi connectivity index (χ1v) is 5.65. The third-order valence-electron chi connectivity index (χ3n) is 2.04. The molecule has 11 heavy (non-hydrogen) atoms. The molecule has 0 spiro atoms. The van der Waals surface area contributed by atoms with Crippen LogP contribution in [0.15, 0.2) is 23.3 Å². The lowest BCUT2D eigenvalue weighted by molar-refractivity contribution is 0.954. The van der Waals surface area contributed by atoms with E-state index in [0.717, 1.165) is 0 Å². The fourth-order valence-electron chi connectivity index (χ4n) is 1.46. The van der Waals surface area contributed by atoms with Crippen LogP contribution in [0.4, 0.5) is 0 Å². The smallest absolute Gasteiger partial charge is 0.0181 e. The van der Waals surface area contributed by atoms with Crippen LogP contribution in [0.25, 0.3) is 0 Å². The van der Waals surface area contributed by atoms with E-state index in [9.17, 15) is 0 Å². The minimum absolute atomic E-state index is 1.19. The lowest BCUT2D eigenvalue weighted by atomic mass is 9.97. The number of hydrogen-bond donors (Lipinski definition) is 0. The Labute approximate surface area is 73.8 Å². The molecule has 1 heteroatoms. The van der Waals surface area contributed by atoms with Crippen molar-refractivity contribution in [2.75, 3.05) is 12.0 Å². The molecule has 0 atom stereocenters. The molecule has 0 nitrogen and oxygen atoms in total. The molecule has 0 fully saturated rings. The van der Waals surface area contributed by atoms with E-state index in [4.69, 9.17) is 0 Å². The number of rotatable bonds is 3. The molecule has 0 radical (unpaired) electrons. The fraction of sp³-hybridized carbons (Fsp3) is 0.600. The molecule has 1 aliphatic carbocycles. The summed E-state index contributed by atoms with van der Waals surface area (Å²) in [5, 5.41) is 0.